The third kappa shape index (κ3) is 2.16. The maximum Gasteiger partial charge on any atom is 0.310 e. The molecule has 4 heteroatoms. The first-order chi connectivity index (χ1) is 7.72. The van der Waals surface area contributed by atoms with E-state index in [2.05, 4.69) is 0 Å². The van der Waals surface area contributed by atoms with Crippen LogP contribution in [0, 0.1) is 0 Å². The van der Waals surface area contributed by atoms with Crippen molar-refractivity contribution in [2.45, 2.75) is 24.2 Å². The van der Waals surface area contributed by atoms with Crippen LogP contribution in [0.5, 0.6) is 5.75 Å². The van der Waals surface area contributed by atoms with Crippen LogP contribution in [-0.2, 0) is 4.79 Å². The fraction of sp³-hybridized carbons (Fsp3) is 0.417. The number of carboxylic acid groups (broad SMARTS) is 1. The molecule has 0 bridgehead atoms. The first kappa shape index (κ1) is 11.3. The Labute approximate surface area is 98.8 Å². The van der Waals surface area contributed by atoms with Crippen molar-refractivity contribution in [2.75, 3.05) is 12.4 Å². The van der Waals surface area contributed by atoms with Crippen LogP contribution in [0.2, 0.25) is 0 Å². The predicted octanol–water partition coefficient (Wildman–Crippen LogP) is 2.75. The van der Waals surface area contributed by atoms with Gasteiger partial charge in [-0.3, -0.25) is 4.79 Å². The first-order valence-electron chi connectivity index (χ1n) is 5.34. The predicted molar refractivity (Wildman–Crippen MR) is 63.3 cm³/mol. The summed E-state index contributed by atoms with van der Waals surface area (Å²) in [7, 11) is 0. The summed E-state index contributed by atoms with van der Waals surface area (Å²) in [5.74, 6) is 0.637. The van der Waals surface area contributed by atoms with Crippen LogP contribution < -0.4 is 4.74 Å². The number of ether oxygens (including phenoxy) is 1. The van der Waals surface area contributed by atoms with E-state index in [1.807, 2.05) is 25.1 Å². The summed E-state index contributed by atoms with van der Waals surface area (Å²) in [4.78, 5) is 12.1. The molecule has 1 aliphatic heterocycles. The lowest BCUT2D eigenvalue weighted by Crippen LogP contribution is -2.12. The molecular weight excluding hydrogens is 224 g/mol. The molecule has 0 fully saturated rings. The Morgan fingerprint density at radius 2 is 2.44 bits per heavy atom. The number of fused-ring (bicyclic) bond motifs is 1. The van der Waals surface area contributed by atoms with Crippen molar-refractivity contribution in [3.8, 4) is 5.75 Å². The zero-order valence-electron chi connectivity index (χ0n) is 9.10. The van der Waals surface area contributed by atoms with Crippen LogP contribution in [0.3, 0.4) is 0 Å². The highest BCUT2D eigenvalue weighted by Crippen LogP contribution is 2.35. The van der Waals surface area contributed by atoms with Crippen LogP contribution in [0.4, 0.5) is 0 Å². The molecule has 2 rings (SSSR count). The van der Waals surface area contributed by atoms with Gasteiger partial charge in [0.15, 0.2) is 0 Å². The molecule has 3 nitrogen and oxygen atoms in total. The molecule has 1 heterocycles. The molecule has 1 aromatic rings. The lowest BCUT2D eigenvalue weighted by molar-refractivity contribution is -0.138. The van der Waals surface area contributed by atoms with Gasteiger partial charge in [-0.25, -0.2) is 0 Å². The fourth-order valence-corrected chi connectivity index (χ4v) is 2.70. The Hall–Kier alpha value is -1.16. The molecule has 0 aliphatic carbocycles. The lowest BCUT2D eigenvalue weighted by Gasteiger charge is -2.19. The third-order valence-electron chi connectivity index (χ3n) is 2.67. The molecule has 16 heavy (non-hydrogen) atoms. The first-order valence-corrected chi connectivity index (χ1v) is 6.33. The van der Waals surface area contributed by atoms with Crippen molar-refractivity contribution in [2.24, 2.45) is 0 Å². The smallest absolute Gasteiger partial charge is 0.310 e. The van der Waals surface area contributed by atoms with E-state index in [1.54, 1.807) is 11.8 Å². The van der Waals surface area contributed by atoms with Crippen molar-refractivity contribution >= 4 is 17.7 Å². The molecule has 0 saturated heterocycles. The van der Waals surface area contributed by atoms with Crippen molar-refractivity contribution in [1.29, 1.82) is 0 Å². The van der Waals surface area contributed by atoms with E-state index in [-0.39, 0.29) is 0 Å². The van der Waals surface area contributed by atoms with Gasteiger partial charge in [0.1, 0.15) is 5.75 Å². The largest absolute Gasteiger partial charge is 0.492 e. The Morgan fingerprint density at radius 3 is 3.12 bits per heavy atom. The number of carboxylic acids is 1. The zero-order chi connectivity index (χ0) is 11.5. The average Bonchev–Trinajstić information content (AvgIpc) is 2.29. The molecule has 0 radical (unpaired) electrons. The van der Waals surface area contributed by atoms with Crippen LogP contribution >= 0.6 is 11.8 Å². The van der Waals surface area contributed by atoms with Crippen LogP contribution in [0.1, 0.15) is 24.8 Å². The van der Waals surface area contributed by atoms with Gasteiger partial charge in [-0.15, -0.1) is 11.8 Å². The van der Waals surface area contributed by atoms with Gasteiger partial charge < -0.3 is 9.84 Å². The number of carbonyl (C=O) groups is 1. The van der Waals surface area contributed by atoms with Gasteiger partial charge in [0.25, 0.3) is 0 Å². The highest BCUT2D eigenvalue weighted by molar-refractivity contribution is 7.99. The van der Waals surface area contributed by atoms with E-state index in [4.69, 9.17) is 9.84 Å². The Bertz CT molecular complexity index is 403. The molecule has 86 valence electrons. The fourth-order valence-electron chi connectivity index (χ4n) is 1.83. The van der Waals surface area contributed by atoms with Gasteiger partial charge in [-0.1, -0.05) is 13.0 Å². The summed E-state index contributed by atoms with van der Waals surface area (Å²) in [6.45, 7) is 2.62. The van der Waals surface area contributed by atoms with Gasteiger partial charge in [0, 0.05) is 10.6 Å². The third-order valence-corrected chi connectivity index (χ3v) is 3.68. The molecule has 1 aromatic carbocycles. The maximum absolute atomic E-state index is 11.1. The van der Waals surface area contributed by atoms with Gasteiger partial charge in [-0.2, -0.15) is 0 Å². The topological polar surface area (TPSA) is 46.5 Å². The minimum atomic E-state index is -0.760. The summed E-state index contributed by atoms with van der Waals surface area (Å²) in [6.07, 6.45) is 0.611. The summed E-state index contributed by atoms with van der Waals surface area (Å²) in [5, 5.41) is 9.09. The molecular formula is C12H14O3S. The Balaban J connectivity index is 2.32. The highest BCUT2D eigenvalue weighted by Gasteiger charge is 2.20. The molecule has 1 atom stereocenters. The Kier molecular flexibility index (Phi) is 3.39. The molecule has 0 spiro atoms. The van der Waals surface area contributed by atoms with Crippen LogP contribution in [-0.4, -0.2) is 23.4 Å². The van der Waals surface area contributed by atoms with Gasteiger partial charge >= 0.3 is 5.97 Å². The molecule has 0 saturated carbocycles. The lowest BCUT2D eigenvalue weighted by atomic mass is 9.97. The van der Waals surface area contributed by atoms with Gasteiger partial charge in [-0.05, 0) is 24.1 Å². The molecule has 1 N–H and O–H groups in total. The van der Waals surface area contributed by atoms with E-state index < -0.39 is 11.9 Å². The molecule has 1 aliphatic rings. The quantitative estimate of drug-likeness (QED) is 0.879. The average molecular weight is 238 g/mol. The van der Waals surface area contributed by atoms with Crippen molar-refractivity contribution in [1.82, 2.24) is 0 Å². The number of benzene rings is 1. The molecule has 0 aromatic heterocycles. The summed E-state index contributed by atoms with van der Waals surface area (Å²) >= 11 is 1.72. The van der Waals surface area contributed by atoms with Crippen molar-refractivity contribution < 1.29 is 14.6 Å². The summed E-state index contributed by atoms with van der Waals surface area (Å²) in [5.41, 5.74) is 0.867. The number of rotatable bonds is 3. The van der Waals surface area contributed by atoms with E-state index in [9.17, 15) is 4.79 Å². The number of aliphatic carboxylic acids is 1. The van der Waals surface area contributed by atoms with E-state index >= 15 is 0 Å². The SMILES string of the molecule is CCC(C(=O)O)c1ccc2c(c1)SCCO2. The van der Waals surface area contributed by atoms with E-state index in [1.165, 1.54) is 0 Å². The van der Waals surface area contributed by atoms with Crippen LogP contribution in [0.15, 0.2) is 23.1 Å². The van der Waals surface area contributed by atoms with Crippen LogP contribution in [0.25, 0.3) is 0 Å². The van der Waals surface area contributed by atoms with Gasteiger partial charge in [0.2, 0.25) is 0 Å². The maximum atomic E-state index is 11.1. The standard InChI is InChI=1S/C12H14O3S/c1-2-9(12(13)14)8-3-4-10-11(7-8)16-6-5-15-10/h3-4,7,9H,2,5-6H2,1H3,(H,13,14). The monoisotopic (exact) mass is 238 g/mol. The molecule has 0 amide bonds. The number of hydrogen-bond acceptors (Lipinski definition) is 3. The second-order valence-electron chi connectivity index (χ2n) is 3.70. The van der Waals surface area contributed by atoms with Crippen molar-refractivity contribution in [3.05, 3.63) is 23.8 Å². The summed E-state index contributed by atoms with van der Waals surface area (Å²) < 4.78 is 5.48. The summed E-state index contributed by atoms with van der Waals surface area (Å²) in [6, 6.07) is 5.68. The minimum Gasteiger partial charge on any atom is -0.492 e. The second kappa shape index (κ2) is 4.78. The minimum absolute atomic E-state index is 0.409. The second-order valence-corrected chi connectivity index (χ2v) is 4.84. The van der Waals surface area contributed by atoms with Crippen molar-refractivity contribution in [3.63, 3.8) is 0 Å². The van der Waals surface area contributed by atoms with E-state index in [0.717, 1.165) is 28.6 Å². The highest BCUT2D eigenvalue weighted by atomic mass is 32.2. The van der Waals surface area contributed by atoms with E-state index in [0.29, 0.717) is 6.42 Å². The molecule has 1 unspecified atom stereocenters. The Morgan fingerprint density at radius 1 is 1.62 bits per heavy atom. The zero-order valence-corrected chi connectivity index (χ0v) is 9.92. The number of hydrogen-bond donors (Lipinski definition) is 1. The number of thioether (sulfide) groups is 1. The van der Waals surface area contributed by atoms with Gasteiger partial charge in [0.05, 0.1) is 12.5 Å². The normalized spacial score (nSPS) is 16.1.